The van der Waals surface area contributed by atoms with Gasteiger partial charge in [-0.25, -0.2) is 0 Å². The van der Waals surface area contributed by atoms with E-state index in [2.05, 4.69) is 5.43 Å². The molecule has 18 heavy (non-hydrogen) atoms. The van der Waals surface area contributed by atoms with Crippen LogP contribution >= 0.6 is 0 Å². The van der Waals surface area contributed by atoms with Crippen molar-refractivity contribution >= 4 is 0 Å². The summed E-state index contributed by atoms with van der Waals surface area (Å²) >= 11 is 0. The summed E-state index contributed by atoms with van der Waals surface area (Å²) in [6.07, 6.45) is 12.1. The molecule has 0 radical (unpaired) electrons. The van der Waals surface area contributed by atoms with E-state index in [-0.39, 0.29) is 0 Å². The summed E-state index contributed by atoms with van der Waals surface area (Å²) < 4.78 is 6.00. The van der Waals surface area contributed by atoms with Crippen LogP contribution in [0.15, 0.2) is 0 Å². The van der Waals surface area contributed by atoms with Crippen molar-refractivity contribution in [3.8, 4) is 0 Å². The van der Waals surface area contributed by atoms with Crippen LogP contribution in [-0.2, 0) is 4.74 Å². The van der Waals surface area contributed by atoms with Crippen LogP contribution in [-0.4, -0.2) is 18.2 Å². The quantitative estimate of drug-likeness (QED) is 0.594. The summed E-state index contributed by atoms with van der Waals surface area (Å²) in [6, 6.07) is 0.504. The Kier molecular flexibility index (Phi) is 2.90. The average molecular weight is 250 g/mol. The van der Waals surface area contributed by atoms with E-state index in [4.69, 9.17) is 10.6 Å². The molecule has 0 amide bonds. The summed E-state index contributed by atoms with van der Waals surface area (Å²) in [6.45, 7) is 0. The van der Waals surface area contributed by atoms with Crippen LogP contribution in [0.1, 0.15) is 51.4 Å². The van der Waals surface area contributed by atoms with Crippen molar-refractivity contribution < 1.29 is 4.74 Å². The average Bonchev–Trinajstić information content (AvgIpc) is 3.14. The third kappa shape index (κ3) is 1.83. The highest BCUT2D eigenvalue weighted by Gasteiger charge is 2.46. The Morgan fingerprint density at radius 1 is 1.11 bits per heavy atom. The number of ether oxygens (including phenoxy) is 1. The van der Waals surface area contributed by atoms with Crippen molar-refractivity contribution in [3.05, 3.63) is 0 Å². The number of hydrogen-bond donors (Lipinski definition) is 2. The standard InChI is InChI=1S/C15H26N2O/c16-17-14(13-8-12-3-4-15(13)18-12)7-11-6-9-1-2-10(11)5-9/h9-15,17H,1-8,16H2. The minimum Gasteiger partial charge on any atom is -0.375 e. The van der Waals surface area contributed by atoms with Crippen molar-refractivity contribution in [1.82, 2.24) is 5.43 Å². The third-order valence-electron chi connectivity index (χ3n) is 6.33. The Hall–Kier alpha value is -0.120. The zero-order valence-electron chi connectivity index (χ0n) is 11.2. The van der Waals surface area contributed by atoms with Gasteiger partial charge in [-0.3, -0.25) is 11.3 Å². The predicted molar refractivity (Wildman–Crippen MR) is 70.7 cm³/mol. The summed E-state index contributed by atoms with van der Waals surface area (Å²) in [5.41, 5.74) is 3.14. The maximum Gasteiger partial charge on any atom is 0.0624 e. The molecule has 3 N–H and O–H groups in total. The van der Waals surface area contributed by atoms with Crippen LogP contribution in [0.4, 0.5) is 0 Å². The minimum atomic E-state index is 0.504. The van der Waals surface area contributed by atoms with Crippen molar-refractivity contribution in [1.29, 1.82) is 0 Å². The van der Waals surface area contributed by atoms with E-state index < -0.39 is 0 Å². The Morgan fingerprint density at radius 3 is 2.61 bits per heavy atom. The first-order valence-electron chi connectivity index (χ1n) is 7.95. The lowest BCUT2D eigenvalue weighted by molar-refractivity contribution is 0.0818. The number of hydrogen-bond acceptors (Lipinski definition) is 3. The molecule has 4 rings (SSSR count). The van der Waals surface area contributed by atoms with Gasteiger partial charge in [-0.1, -0.05) is 6.42 Å². The van der Waals surface area contributed by atoms with Crippen LogP contribution in [0.3, 0.4) is 0 Å². The Bertz CT molecular complexity index is 322. The van der Waals surface area contributed by atoms with Gasteiger partial charge in [-0.2, -0.15) is 0 Å². The molecule has 3 heteroatoms. The van der Waals surface area contributed by atoms with Crippen LogP contribution in [0.2, 0.25) is 0 Å². The molecule has 4 aliphatic rings. The molecule has 0 aromatic rings. The zero-order valence-corrected chi connectivity index (χ0v) is 11.2. The molecular weight excluding hydrogens is 224 g/mol. The number of fused-ring (bicyclic) bond motifs is 4. The molecule has 0 aromatic heterocycles. The number of nitrogens with one attached hydrogen (secondary N) is 1. The molecule has 0 spiro atoms. The zero-order chi connectivity index (χ0) is 12.1. The van der Waals surface area contributed by atoms with Crippen LogP contribution in [0, 0.1) is 23.7 Å². The van der Waals surface area contributed by atoms with Crippen LogP contribution < -0.4 is 11.3 Å². The van der Waals surface area contributed by atoms with E-state index in [9.17, 15) is 0 Å². The third-order valence-corrected chi connectivity index (χ3v) is 6.33. The second kappa shape index (κ2) is 4.46. The predicted octanol–water partition coefficient (Wildman–Crippen LogP) is 2.21. The smallest absolute Gasteiger partial charge is 0.0624 e. The molecular formula is C15H26N2O. The molecule has 3 nitrogen and oxygen atoms in total. The second-order valence-electron chi connectivity index (χ2n) is 7.22. The Balaban J connectivity index is 1.40. The van der Waals surface area contributed by atoms with Gasteiger partial charge in [0.2, 0.25) is 0 Å². The SMILES string of the molecule is NNC(CC1CC2CCC1C2)C1CC2CCC1O2. The van der Waals surface area contributed by atoms with E-state index >= 15 is 0 Å². The van der Waals surface area contributed by atoms with Crippen molar-refractivity contribution in [3.63, 3.8) is 0 Å². The van der Waals surface area contributed by atoms with Gasteiger partial charge in [0.1, 0.15) is 0 Å². The summed E-state index contributed by atoms with van der Waals surface area (Å²) in [5.74, 6) is 9.56. The fourth-order valence-electron chi connectivity index (χ4n) is 5.46. The molecule has 2 aliphatic heterocycles. The van der Waals surface area contributed by atoms with Gasteiger partial charge in [-0.05, 0) is 62.7 Å². The molecule has 2 aliphatic carbocycles. The largest absolute Gasteiger partial charge is 0.375 e. The van der Waals surface area contributed by atoms with Gasteiger partial charge < -0.3 is 4.74 Å². The lowest BCUT2D eigenvalue weighted by Crippen LogP contribution is -2.45. The van der Waals surface area contributed by atoms with Crippen molar-refractivity contribution in [2.45, 2.75) is 69.6 Å². The van der Waals surface area contributed by atoms with Crippen LogP contribution in [0.5, 0.6) is 0 Å². The van der Waals surface area contributed by atoms with Gasteiger partial charge in [-0.15, -0.1) is 0 Å². The Morgan fingerprint density at radius 2 is 2.06 bits per heavy atom. The minimum absolute atomic E-state index is 0.504. The normalized spacial score (nSPS) is 51.2. The van der Waals surface area contributed by atoms with Gasteiger partial charge in [0.05, 0.1) is 12.2 Å². The summed E-state index contributed by atoms with van der Waals surface area (Å²) in [7, 11) is 0. The fourth-order valence-corrected chi connectivity index (χ4v) is 5.46. The topological polar surface area (TPSA) is 47.3 Å². The van der Waals surface area contributed by atoms with Crippen LogP contribution in [0.25, 0.3) is 0 Å². The molecule has 0 aromatic carbocycles. The molecule has 2 saturated heterocycles. The molecule has 7 atom stereocenters. The van der Waals surface area contributed by atoms with Gasteiger partial charge in [0.25, 0.3) is 0 Å². The monoisotopic (exact) mass is 250 g/mol. The maximum atomic E-state index is 6.00. The first-order valence-corrected chi connectivity index (χ1v) is 7.95. The first kappa shape index (κ1) is 11.7. The Labute approximate surface area is 110 Å². The molecule has 2 heterocycles. The number of hydrazine groups is 1. The van der Waals surface area contributed by atoms with Crippen molar-refractivity contribution in [2.75, 3.05) is 0 Å². The lowest BCUT2D eigenvalue weighted by Gasteiger charge is -2.32. The molecule has 4 bridgehead atoms. The van der Waals surface area contributed by atoms with Gasteiger partial charge >= 0.3 is 0 Å². The van der Waals surface area contributed by atoms with Crippen molar-refractivity contribution in [2.24, 2.45) is 29.5 Å². The summed E-state index contributed by atoms with van der Waals surface area (Å²) in [5, 5.41) is 0. The summed E-state index contributed by atoms with van der Waals surface area (Å²) in [4.78, 5) is 0. The molecule has 2 saturated carbocycles. The highest BCUT2D eigenvalue weighted by Crippen LogP contribution is 2.51. The molecule has 7 unspecified atom stereocenters. The van der Waals surface area contributed by atoms with Gasteiger partial charge in [0, 0.05) is 12.0 Å². The van der Waals surface area contributed by atoms with E-state index in [1.54, 1.807) is 0 Å². The number of rotatable bonds is 4. The molecule has 4 fully saturated rings. The van der Waals surface area contributed by atoms with E-state index in [1.165, 1.54) is 51.4 Å². The highest BCUT2D eigenvalue weighted by atomic mass is 16.5. The second-order valence-corrected chi connectivity index (χ2v) is 7.22. The van der Waals surface area contributed by atoms with E-state index in [0.717, 1.165) is 17.8 Å². The molecule has 102 valence electrons. The number of nitrogens with two attached hydrogens (primary N) is 1. The lowest BCUT2D eigenvalue weighted by atomic mass is 9.77. The fraction of sp³-hybridized carbons (Fsp3) is 1.00. The van der Waals surface area contributed by atoms with E-state index in [1.807, 2.05) is 0 Å². The maximum absolute atomic E-state index is 6.00. The highest BCUT2D eigenvalue weighted by molar-refractivity contribution is 4.98. The van der Waals surface area contributed by atoms with E-state index in [0.29, 0.717) is 24.2 Å². The first-order chi connectivity index (χ1) is 8.83. The van der Waals surface area contributed by atoms with Gasteiger partial charge in [0.15, 0.2) is 0 Å².